The summed E-state index contributed by atoms with van der Waals surface area (Å²) in [7, 11) is 0. The quantitative estimate of drug-likeness (QED) is 0.540. The van der Waals surface area contributed by atoms with Crippen molar-refractivity contribution in [2.24, 2.45) is 21.5 Å². The Hall–Kier alpha value is -2.64. The van der Waals surface area contributed by atoms with Gasteiger partial charge in [0.05, 0.1) is 11.9 Å². The number of nitrogens with one attached hydrogen (secondary N) is 1. The third-order valence-corrected chi connectivity index (χ3v) is 3.08. The van der Waals surface area contributed by atoms with Crippen molar-refractivity contribution >= 4 is 11.8 Å². The van der Waals surface area contributed by atoms with Crippen LogP contribution in [-0.2, 0) is 0 Å². The van der Waals surface area contributed by atoms with Gasteiger partial charge in [0.1, 0.15) is 24.0 Å². The summed E-state index contributed by atoms with van der Waals surface area (Å²) < 4.78 is 32.8. The van der Waals surface area contributed by atoms with E-state index in [9.17, 15) is 8.78 Å². The third kappa shape index (κ3) is 7.19. The SMILES string of the molecule is C=C(N)NC(=NC(C)COc1ccc(C)c(F)c1)N=C(N)C(C)(C)F. The van der Waals surface area contributed by atoms with Gasteiger partial charge in [0.15, 0.2) is 5.67 Å². The number of hydrogen-bond donors (Lipinski definition) is 3. The van der Waals surface area contributed by atoms with E-state index in [1.807, 2.05) is 0 Å². The molecular weight excluding hydrogens is 328 g/mol. The van der Waals surface area contributed by atoms with Gasteiger partial charge in [-0.2, -0.15) is 4.99 Å². The van der Waals surface area contributed by atoms with E-state index in [1.165, 1.54) is 19.9 Å². The fourth-order valence-corrected chi connectivity index (χ4v) is 1.61. The number of alkyl halides is 1. The summed E-state index contributed by atoms with van der Waals surface area (Å²) in [6, 6.07) is 4.20. The van der Waals surface area contributed by atoms with Crippen LogP contribution >= 0.6 is 0 Å². The lowest BCUT2D eigenvalue weighted by Gasteiger charge is -2.15. The smallest absolute Gasteiger partial charge is 0.225 e. The van der Waals surface area contributed by atoms with Gasteiger partial charge in [-0.05, 0) is 39.3 Å². The molecule has 0 heterocycles. The second-order valence-electron chi connectivity index (χ2n) is 6.14. The lowest BCUT2D eigenvalue weighted by Crippen LogP contribution is -2.37. The zero-order valence-corrected chi connectivity index (χ0v) is 14.9. The number of nitrogens with two attached hydrogens (primary N) is 2. The van der Waals surface area contributed by atoms with Gasteiger partial charge in [-0.3, -0.25) is 0 Å². The van der Waals surface area contributed by atoms with Crippen LogP contribution in [0, 0.1) is 12.7 Å². The topological polar surface area (TPSA) is 98.0 Å². The van der Waals surface area contributed by atoms with Gasteiger partial charge in [-0.1, -0.05) is 12.6 Å². The second kappa shape index (κ2) is 8.46. The number of nitrogens with zero attached hydrogens (tertiary/aromatic N) is 2. The van der Waals surface area contributed by atoms with E-state index in [1.54, 1.807) is 26.0 Å². The number of ether oxygens (including phenoxy) is 1. The molecule has 1 atom stereocenters. The highest BCUT2D eigenvalue weighted by molar-refractivity contribution is 5.99. The molecule has 0 radical (unpaired) electrons. The molecule has 6 nitrogen and oxygen atoms in total. The van der Waals surface area contributed by atoms with E-state index in [-0.39, 0.29) is 36.1 Å². The summed E-state index contributed by atoms with van der Waals surface area (Å²) in [5, 5.41) is 2.61. The van der Waals surface area contributed by atoms with E-state index in [2.05, 4.69) is 21.9 Å². The lowest BCUT2D eigenvalue weighted by atomic mass is 10.1. The average molecular weight is 353 g/mol. The van der Waals surface area contributed by atoms with Crippen LogP contribution in [0.15, 0.2) is 40.6 Å². The Bertz CT molecular complexity index is 680. The minimum Gasteiger partial charge on any atom is -0.491 e. The molecule has 0 saturated carbocycles. The molecule has 0 bridgehead atoms. The first-order valence-electron chi connectivity index (χ1n) is 7.70. The maximum atomic E-state index is 13.8. The molecule has 0 saturated heterocycles. The first-order valence-corrected chi connectivity index (χ1v) is 7.70. The van der Waals surface area contributed by atoms with E-state index < -0.39 is 5.67 Å². The highest BCUT2D eigenvalue weighted by Gasteiger charge is 2.22. The summed E-state index contributed by atoms with van der Waals surface area (Å²) in [4.78, 5) is 8.15. The van der Waals surface area contributed by atoms with Crippen molar-refractivity contribution in [3.05, 3.63) is 42.0 Å². The normalized spacial score (nSPS) is 14.2. The Kier molecular flexibility index (Phi) is 6.90. The molecule has 0 spiro atoms. The van der Waals surface area contributed by atoms with Crippen molar-refractivity contribution in [3.8, 4) is 5.75 Å². The number of rotatable bonds is 6. The number of hydrogen-bond acceptors (Lipinski definition) is 3. The van der Waals surface area contributed by atoms with E-state index in [0.717, 1.165) is 0 Å². The molecule has 138 valence electrons. The molecular formula is C17H25F2N5O. The first kappa shape index (κ1) is 20.4. The minimum absolute atomic E-state index is 0.0157. The van der Waals surface area contributed by atoms with Crippen LogP contribution in [0.4, 0.5) is 8.78 Å². The van der Waals surface area contributed by atoms with Crippen molar-refractivity contribution in [1.29, 1.82) is 0 Å². The second-order valence-corrected chi connectivity index (χ2v) is 6.14. The van der Waals surface area contributed by atoms with Crippen LogP contribution in [0.5, 0.6) is 5.75 Å². The van der Waals surface area contributed by atoms with Crippen molar-refractivity contribution in [3.63, 3.8) is 0 Å². The molecule has 0 aliphatic heterocycles. The number of benzene rings is 1. The number of halogens is 2. The zero-order valence-electron chi connectivity index (χ0n) is 14.9. The summed E-state index contributed by atoms with van der Waals surface area (Å²) in [6.07, 6.45) is 0. The van der Waals surface area contributed by atoms with Gasteiger partial charge in [-0.15, -0.1) is 0 Å². The van der Waals surface area contributed by atoms with Gasteiger partial charge in [0, 0.05) is 6.07 Å². The van der Waals surface area contributed by atoms with Crippen LogP contribution in [0.2, 0.25) is 0 Å². The zero-order chi connectivity index (χ0) is 19.2. The van der Waals surface area contributed by atoms with Crippen LogP contribution in [0.1, 0.15) is 26.3 Å². The fourth-order valence-electron chi connectivity index (χ4n) is 1.61. The van der Waals surface area contributed by atoms with E-state index in [4.69, 9.17) is 16.2 Å². The maximum Gasteiger partial charge on any atom is 0.225 e. The fraction of sp³-hybridized carbons (Fsp3) is 0.412. The molecule has 1 aromatic carbocycles. The maximum absolute atomic E-state index is 13.8. The lowest BCUT2D eigenvalue weighted by molar-refractivity contribution is 0.295. The molecule has 25 heavy (non-hydrogen) atoms. The molecule has 0 amide bonds. The Morgan fingerprint density at radius 2 is 2.04 bits per heavy atom. The third-order valence-electron chi connectivity index (χ3n) is 3.08. The molecule has 5 N–H and O–H groups in total. The Morgan fingerprint density at radius 1 is 1.40 bits per heavy atom. The highest BCUT2D eigenvalue weighted by Crippen LogP contribution is 2.16. The summed E-state index contributed by atoms with van der Waals surface area (Å²) in [5.41, 5.74) is 9.82. The van der Waals surface area contributed by atoms with Crippen LogP contribution in [0.3, 0.4) is 0 Å². The van der Waals surface area contributed by atoms with Crippen molar-refractivity contribution in [1.82, 2.24) is 5.32 Å². The van der Waals surface area contributed by atoms with E-state index >= 15 is 0 Å². The standard InChI is InChI=1S/C17H25F2N5O/c1-10-6-7-13(8-14(10)18)25-9-11(2)22-16(23-12(3)20)24-15(21)17(4,5)19/h6-8,11H,3,9,20H2,1-2,4-5H3,(H3,21,22,23,24). The first-order chi connectivity index (χ1) is 11.5. The van der Waals surface area contributed by atoms with Crippen LogP contribution in [0.25, 0.3) is 0 Å². The molecule has 8 heteroatoms. The predicted octanol–water partition coefficient (Wildman–Crippen LogP) is 2.38. The number of aliphatic imine (C=N–C) groups is 2. The summed E-state index contributed by atoms with van der Waals surface area (Å²) in [6.45, 7) is 9.61. The van der Waals surface area contributed by atoms with Crippen LogP contribution < -0.4 is 21.5 Å². The van der Waals surface area contributed by atoms with Gasteiger partial charge >= 0.3 is 0 Å². The van der Waals surface area contributed by atoms with Gasteiger partial charge in [-0.25, -0.2) is 13.8 Å². The van der Waals surface area contributed by atoms with Crippen LogP contribution in [-0.4, -0.2) is 30.1 Å². The minimum atomic E-state index is -1.81. The summed E-state index contributed by atoms with van der Waals surface area (Å²) >= 11 is 0. The number of aryl methyl sites for hydroxylation is 1. The van der Waals surface area contributed by atoms with Gasteiger partial charge in [0.2, 0.25) is 5.96 Å². The van der Waals surface area contributed by atoms with Crippen molar-refractivity contribution in [2.45, 2.75) is 39.4 Å². The molecule has 0 fully saturated rings. The van der Waals surface area contributed by atoms with E-state index in [0.29, 0.717) is 11.3 Å². The predicted molar refractivity (Wildman–Crippen MR) is 96.8 cm³/mol. The molecule has 0 aliphatic carbocycles. The molecule has 0 aliphatic rings. The molecule has 0 aromatic heterocycles. The largest absolute Gasteiger partial charge is 0.491 e. The van der Waals surface area contributed by atoms with Crippen molar-refractivity contribution in [2.75, 3.05) is 6.61 Å². The highest BCUT2D eigenvalue weighted by atomic mass is 19.1. The summed E-state index contributed by atoms with van der Waals surface area (Å²) in [5.74, 6) is -0.120. The molecule has 1 rings (SSSR count). The number of amidine groups is 1. The van der Waals surface area contributed by atoms with Crippen molar-refractivity contribution < 1.29 is 13.5 Å². The Morgan fingerprint density at radius 3 is 2.56 bits per heavy atom. The number of guanidine groups is 1. The molecule has 1 unspecified atom stereocenters. The Balaban J connectivity index is 2.85. The molecule has 1 aromatic rings. The Labute approximate surface area is 146 Å². The monoisotopic (exact) mass is 353 g/mol. The average Bonchev–Trinajstić information content (AvgIpc) is 2.46. The van der Waals surface area contributed by atoms with Gasteiger partial charge < -0.3 is 21.5 Å². The van der Waals surface area contributed by atoms with Gasteiger partial charge in [0.25, 0.3) is 0 Å².